The van der Waals surface area contributed by atoms with Crippen LogP contribution in [0.4, 0.5) is 9.18 Å². The third-order valence-electron chi connectivity index (χ3n) is 14.0. The van der Waals surface area contributed by atoms with E-state index in [0.717, 1.165) is 18.2 Å². The van der Waals surface area contributed by atoms with Gasteiger partial charge < -0.3 is 38.3 Å². The van der Waals surface area contributed by atoms with Crippen LogP contribution in [0.25, 0.3) is 11.3 Å². The van der Waals surface area contributed by atoms with Crippen LogP contribution in [-0.2, 0) is 44.6 Å². The predicted molar refractivity (Wildman–Crippen MR) is 231 cm³/mol. The van der Waals surface area contributed by atoms with Crippen molar-refractivity contribution in [1.29, 1.82) is 0 Å². The number of benzene rings is 1. The Morgan fingerprint density at radius 2 is 1.65 bits per heavy atom. The van der Waals surface area contributed by atoms with Crippen molar-refractivity contribution in [2.45, 2.75) is 180 Å². The number of amides is 1. The molecule has 5 rings (SSSR count). The number of aliphatic hydroxyl groups excluding tert-OH is 1. The lowest BCUT2D eigenvalue weighted by Crippen LogP contribution is -2.66. The second kappa shape index (κ2) is 19.1. The molecule has 14 nitrogen and oxygen atoms in total. The molecule has 3 aliphatic rings. The molecule has 1 aromatic carbocycles. The zero-order valence-corrected chi connectivity index (χ0v) is 39.1. The molecule has 0 bridgehead atoms. The van der Waals surface area contributed by atoms with E-state index in [1.165, 1.54) is 18.9 Å². The van der Waals surface area contributed by atoms with E-state index in [4.69, 9.17) is 23.7 Å². The first kappa shape index (κ1) is 49.3. The Labute approximate surface area is 367 Å². The zero-order chi connectivity index (χ0) is 46.1. The quantitative estimate of drug-likeness (QED) is 0.135. The first-order valence-electron chi connectivity index (χ1n) is 22.3. The van der Waals surface area contributed by atoms with Crippen LogP contribution in [0, 0.1) is 17.8 Å². The maximum Gasteiger partial charge on any atom is 0.410 e. The lowest BCUT2D eigenvalue weighted by Gasteiger charge is -2.52. The summed E-state index contributed by atoms with van der Waals surface area (Å²) in [5.74, 6) is -7.54. The van der Waals surface area contributed by atoms with Gasteiger partial charge in [0, 0.05) is 61.8 Å². The molecule has 3 saturated heterocycles. The molecule has 3 aliphatic heterocycles. The number of ketones is 2. The van der Waals surface area contributed by atoms with Gasteiger partial charge in [0.25, 0.3) is 5.67 Å². The van der Waals surface area contributed by atoms with Crippen LogP contribution in [0.2, 0.25) is 0 Å². The molecule has 3 fully saturated rings. The summed E-state index contributed by atoms with van der Waals surface area (Å²) in [6.07, 6.45) is 0.677. The number of carbonyl (C=O) groups excluding carboxylic acids is 4. The van der Waals surface area contributed by atoms with E-state index in [1.54, 1.807) is 47.9 Å². The molecule has 0 unspecified atom stereocenters. The normalized spacial score (nSPS) is 37.6. The molecule has 2 aromatic rings. The number of rotatable bonds is 12. The van der Waals surface area contributed by atoms with Crippen molar-refractivity contribution in [3.63, 3.8) is 0 Å². The Bertz CT molecular complexity index is 1890. The van der Waals surface area contributed by atoms with Gasteiger partial charge in [0.1, 0.15) is 18.0 Å². The van der Waals surface area contributed by atoms with Crippen LogP contribution in [-0.4, -0.2) is 134 Å². The number of unbranched alkanes of at least 4 members (excludes halogenated alkanes) is 1. The maximum absolute atomic E-state index is 17.1. The number of alkyl halides is 1. The Kier molecular flexibility index (Phi) is 15.2. The topological polar surface area (TPSA) is 159 Å². The summed E-state index contributed by atoms with van der Waals surface area (Å²) in [4.78, 5) is 65.3. The van der Waals surface area contributed by atoms with E-state index in [1.807, 2.05) is 73.8 Å². The highest BCUT2D eigenvalue weighted by Gasteiger charge is 2.62. The Balaban J connectivity index is 1.48. The van der Waals surface area contributed by atoms with Crippen molar-refractivity contribution in [1.82, 2.24) is 19.4 Å². The summed E-state index contributed by atoms with van der Waals surface area (Å²) in [5, 5.41) is 11.9. The number of aryl methyl sites for hydroxylation is 1. The number of cyclic esters (lactones) is 1. The summed E-state index contributed by atoms with van der Waals surface area (Å²) in [5.41, 5.74) is -4.41. The van der Waals surface area contributed by atoms with E-state index in [0.29, 0.717) is 25.8 Å². The van der Waals surface area contributed by atoms with Crippen molar-refractivity contribution >= 4 is 23.6 Å². The van der Waals surface area contributed by atoms with Gasteiger partial charge >= 0.3 is 12.1 Å². The molecular weight excluding hydrogens is 800 g/mol. The maximum atomic E-state index is 17.1. The molecule has 1 aromatic heterocycles. The smallest absolute Gasteiger partial charge is 0.410 e. The second-order valence-electron chi connectivity index (χ2n) is 19.0. The number of methoxy groups -OCH3 is 1. The van der Waals surface area contributed by atoms with Crippen molar-refractivity contribution in [2.75, 3.05) is 20.7 Å². The van der Waals surface area contributed by atoms with Crippen LogP contribution in [0.3, 0.4) is 0 Å². The number of fused-ring (bicyclic) bond motifs is 1. The van der Waals surface area contributed by atoms with Crippen molar-refractivity contribution in [3.05, 3.63) is 42.9 Å². The molecule has 0 saturated carbocycles. The Morgan fingerprint density at radius 3 is 2.26 bits per heavy atom. The highest BCUT2D eigenvalue weighted by molar-refractivity contribution is 6.08. The van der Waals surface area contributed by atoms with Crippen LogP contribution in [0.5, 0.6) is 0 Å². The molecule has 4 heterocycles. The lowest BCUT2D eigenvalue weighted by atomic mass is 9.73. The Morgan fingerprint density at radius 1 is 1.00 bits per heavy atom. The average molecular weight is 871 g/mol. The highest BCUT2D eigenvalue weighted by atomic mass is 19.1. The highest BCUT2D eigenvalue weighted by Crippen LogP contribution is 2.45. The Hall–Kier alpha value is -3.76. The summed E-state index contributed by atoms with van der Waals surface area (Å²) >= 11 is 0. The molecule has 346 valence electrons. The van der Waals surface area contributed by atoms with Gasteiger partial charge in [-0.2, -0.15) is 0 Å². The van der Waals surface area contributed by atoms with Gasteiger partial charge in [-0.1, -0.05) is 58.0 Å². The fourth-order valence-corrected chi connectivity index (χ4v) is 10.2. The number of ether oxygens (including phenoxy) is 5. The number of imidazole rings is 1. The standard InChI is InChI=1S/C47H71FN4O10/c1-14-36-46(10)38(52(43(57)62-46)23-19-18-22-51-26-34(49-27-51)33-20-16-15-17-21-33)31(6)37(53)29(4)25-44(8,58-13)41(32(7)39(54)45(9,48)42(56)59-36)61-47(11)40(55)35(24-30(5)60-47)50(12)28(2)3/h15-17,20-21,26-32,35-36,38,40-41,55H,14,18-19,22-25H2,1-13H3/t29-,30-,31+,32+,35+,36-,38-,40-,41-,44-,45+,46-,47+/m1/s1. The third kappa shape index (κ3) is 9.67. The predicted octanol–water partition coefficient (Wildman–Crippen LogP) is 6.80. The van der Waals surface area contributed by atoms with Gasteiger partial charge in [-0.3, -0.25) is 14.5 Å². The van der Waals surface area contributed by atoms with Gasteiger partial charge in [-0.05, 0) is 87.6 Å². The number of carbonyl (C=O) groups is 4. The number of esters is 1. The first-order chi connectivity index (χ1) is 28.9. The summed E-state index contributed by atoms with van der Waals surface area (Å²) in [6, 6.07) is 8.59. The molecule has 13 atom stereocenters. The minimum absolute atomic E-state index is 0.00915. The van der Waals surface area contributed by atoms with Gasteiger partial charge in [0.05, 0.1) is 35.9 Å². The van der Waals surface area contributed by atoms with Crippen LogP contribution in [0.15, 0.2) is 42.9 Å². The number of hydrogen-bond donors (Lipinski definition) is 1. The number of Topliss-reactive ketones (excluding diaryl/α,β-unsaturated/α-hetero) is 2. The molecular formula is C47H71FN4O10. The SMILES string of the molecule is CC[C@H]1OC(=O)[C@@](C)(F)C(=O)[C@H](C)[C@@H](O[C@]2(C)O[C@H](C)C[C@H](N(C)C(C)C)[C@H]2O)[C@](C)(OC)C[C@@H](C)C(=O)[C@H](C)[C@H]2N(CCCCn3cnc(-c4ccccc4)c3)C(=O)O[C@]12C. The number of likely N-dealkylation sites (N-methyl/N-ethyl adjacent to an activating group) is 1. The van der Waals surface area contributed by atoms with Gasteiger partial charge in [-0.25, -0.2) is 19.0 Å². The minimum Gasteiger partial charge on any atom is -0.455 e. The number of hydrogen-bond acceptors (Lipinski definition) is 12. The van der Waals surface area contributed by atoms with Gasteiger partial charge in [0.15, 0.2) is 17.2 Å². The third-order valence-corrected chi connectivity index (χ3v) is 14.0. The summed E-state index contributed by atoms with van der Waals surface area (Å²) < 4.78 is 50.3. The minimum atomic E-state index is -3.19. The molecule has 1 amide bonds. The van der Waals surface area contributed by atoms with E-state index in [-0.39, 0.29) is 37.3 Å². The monoisotopic (exact) mass is 871 g/mol. The first-order valence-corrected chi connectivity index (χ1v) is 22.3. The summed E-state index contributed by atoms with van der Waals surface area (Å²) in [7, 11) is 3.32. The molecule has 0 spiro atoms. The second-order valence-corrected chi connectivity index (χ2v) is 19.0. The van der Waals surface area contributed by atoms with Crippen molar-refractivity contribution in [3.8, 4) is 11.3 Å². The van der Waals surface area contributed by atoms with Gasteiger partial charge in [0.2, 0.25) is 0 Å². The molecule has 62 heavy (non-hydrogen) atoms. The van der Waals surface area contributed by atoms with Crippen LogP contribution >= 0.6 is 0 Å². The van der Waals surface area contributed by atoms with Crippen molar-refractivity contribution in [2.24, 2.45) is 17.8 Å². The van der Waals surface area contributed by atoms with Gasteiger partial charge in [-0.15, -0.1) is 0 Å². The van der Waals surface area contributed by atoms with Crippen LogP contribution < -0.4 is 0 Å². The number of aromatic nitrogens is 2. The molecule has 1 N–H and O–H groups in total. The largest absolute Gasteiger partial charge is 0.455 e. The molecule has 0 radical (unpaired) electrons. The van der Waals surface area contributed by atoms with E-state index in [9.17, 15) is 24.3 Å². The average Bonchev–Trinajstić information content (AvgIpc) is 3.81. The zero-order valence-electron chi connectivity index (χ0n) is 39.1. The van der Waals surface area contributed by atoms with Crippen LogP contribution in [0.1, 0.15) is 108 Å². The summed E-state index contributed by atoms with van der Waals surface area (Å²) in [6.45, 7) is 19.1. The number of aliphatic hydroxyl groups is 1. The fraction of sp³-hybridized carbons (Fsp3) is 0.723. The number of halogens is 1. The molecule has 15 heteroatoms. The van der Waals surface area contributed by atoms with E-state index in [2.05, 4.69) is 4.98 Å². The van der Waals surface area contributed by atoms with E-state index < -0.39 is 88.7 Å². The lowest BCUT2D eigenvalue weighted by molar-refractivity contribution is -0.355. The number of nitrogens with zero attached hydrogens (tertiary/aromatic N) is 4. The van der Waals surface area contributed by atoms with E-state index >= 15 is 4.39 Å². The molecule has 0 aliphatic carbocycles. The fourth-order valence-electron chi connectivity index (χ4n) is 10.2. The van der Waals surface area contributed by atoms with Crippen molar-refractivity contribution < 1.29 is 52.4 Å².